The highest BCUT2D eigenvalue weighted by molar-refractivity contribution is 5.18. The molecule has 0 spiro atoms. The molecule has 3 rings (SSSR count). The first-order valence-corrected chi connectivity index (χ1v) is 8.88. The van der Waals surface area contributed by atoms with Crippen molar-refractivity contribution < 1.29 is 9.84 Å². The molecule has 134 valence electrons. The number of aromatic nitrogens is 1. The van der Waals surface area contributed by atoms with Crippen molar-refractivity contribution in [2.24, 2.45) is 5.92 Å². The summed E-state index contributed by atoms with van der Waals surface area (Å²) in [4.78, 5) is 6.71. The Kier molecular flexibility index (Phi) is 6.39. The molecular weight excluding hydrogens is 314 g/mol. The minimum Gasteiger partial charge on any atom is -0.481 e. The van der Waals surface area contributed by atoms with E-state index < -0.39 is 0 Å². The molecule has 1 aliphatic heterocycles. The zero-order valence-corrected chi connectivity index (χ0v) is 14.8. The number of aliphatic hydroxyl groups is 1. The van der Waals surface area contributed by atoms with Gasteiger partial charge < -0.3 is 15.2 Å². The second kappa shape index (κ2) is 8.94. The van der Waals surface area contributed by atoms with Gasteiger partial charge in [-0.2, -0.15) is 0 Å². The maximum Gasteiger partial charge on any atom is 0.212 e. The van der Waals surface area contributed by atoms with Gasteiger partial charge in [-0.3, -0.25) is 4.90 Å². The molecule has 1 aliphatic rings. The van der Waals surface area contributed by atoms with Crippen molar-refractivity contribution in [3.63, 3.8) is 0 Å². The standard InChI is InChI=1S/C20H27N3O2/c1-25-20-8-7-17(12-22-20)11-21-19-14-23(10-9-18(19)15-24)13-16-5-3-2-4-6-16/h2-8,12,18-19,21,24H,9-11,13-15H2,1H3. The normalized spacial score (nSPS) is 21.2. The summed E-state index contributed by atoms with van der Waals surface area (Å²) in [7, 11) is 1.62. The first-order chi connectivity index (χ1) is 12.3. The van der Waals surface area contributed by atoms with Crippen molar-refractivity contribution in [3.05, 3.63) is 59.8 Å². The second-order valence-electron chi connectivity index (χ2n) is 6.65. The van der Waals surface area contributed by atoms with Crippen LogP contribution in [0, 0.1) is 5.92 Å². The number of nitrogens with one attached hydrogen (secondary N) is 1. The molecule has 1 saturated heterocycles. The molecule has 2 heterocycles. The van der Waals surface area contributed by atoms with E-state index in [1.165, 1.54) is 5.56 Å². The average molecular weight is 341 g/mol. The van der Waals surface area contributed by atoms with E-state index >= 15 is 0 Å². The van der Waals surface area contributed by atoms with E-state index in [1.54, 1.807) is 7.11 Å². The first kappa shape index (κ1) is 17.9. The number of hydrogen-bond donors (Lipinski definition) is 2. The number of pyridine rings is 1. The number of piperidine rings is 1. The van der Waals surface area contributed by atoms with E-state index in [4.69, 9.17) is 4.74 Å². The van der Waals surface area contributed by atoms with Crippen molar-refractivity contribution in [2.45, 2.75) is 25.6 Å². The highest BCUT2D eigenvalue weighted by atomic mass is 16.5. The van der Waals surface area contributed by atoms with E-state index in [1.807, 2.05) is 18.3 Å². The lowest BCUT2D eigenvalue weighted by Crippen LogP contribution is -2.51. The molecule has 1 aromatic carbocycles. The lowest BCUT2D eigenvalue weighted by molar-refractivity contribution is 0.0906. The van der Waals surface area contributed by atoms with E-state index in [0.717, 1.165) is 38.2 Å². The molecular formula is C20H27N3O2. The van der Waals surface area contributed by atoms with Crippen LogP contribution in [0.1, 0.15) is 17.5 Å². The fraction of sp³-hybridized carbons (Fsp3) is 0.450. The van der Waals surface area contributed by atoms with Gasteiger partial charge in [0.25, 0.3) is 0 Å². The minimum atomic E-state index is 0.234. The van der Waals surface area contributed by atoms with Gasteiger partial charge in [-0.15, -0.1) is 0 Å². The second-order valence-corrected chi connectivity index (χ2v) is 6.65. The highest BCUT2D eigenvalue weighted by Gasteiger charge is 2.28. The molecule has 2 atom stereocenters. The van der Waals surface area contributed by atoms with Crippen LogP contribution in [-0.4, -0.2) is 47.8 Å². The summed E-state index contributed by atoms with van der Waals surface area (Å²) in [5.74, 6) is 0.932. The Hall–Kier alpha value is -1.95. The maximum absolute atomic E-state index is 9.72. The molecule has 5 nitrogen and oxygen atoms in total. The fourth-order valence-corrected chi connectivity index (χ4v) is 3.39. The number of nitrogens with zero attached hydrogens (tertiary/aromatic N) is 2. The van der Waals surface area contributed by atoms with Gasteiger partial charge in [-0.1, -0.05) is 36.4 Å². The van der Waals surface area contributed by atoms with Crippen molar-refractivity contribution in [3.8, 4) is 5.88 Å². The Morgan fingerprint density at radius 3 is 2.72 bits per heavy atom. The number of ether oxygens (including phenoxy) is 1. The van der Waals surface area contributed by atoms with Crippen LogP contribution in [0.3, 0.4) is 0 Å². The number of hydrogen-bond acceptors (Lipinski definition) is 5. The Morgan fingerprint density at radius 2 is 2.04 bits per heavy atom. The molecule has 2 aromatic rings. The van der Waals surface area contributed by atoms with Gasteiger partial charge in [0.05, 0.1) is 7.11 Å². The zero-order valence-electron chi connectivity index (χ0n) is 14.8. The molecule has 1 aromatic heterocycles. The highest BCUT2D eigenvalue weighted by Crippen LogP contribution is 2.20. The molecule has 0 bridgehead atoms. The van der Waals surface area contributed by atoms with Crippen molar-refractivity contribution in [2.75, 3.05) is 26.8 Å². The summed E-state index contributed by atoms with van der Waals surface area (Å²) in [5.41, 5.74) is 2.46. The van der Waals surface area contributed by atoms with Crippen molar-refractivity contribution >= 4 is 0 Å². The molecule has 2 unspecified atom stereocenters. The molecule has 5 heteroatoms. The van der Waals surface area contributed by atoms with Gasteiger partial charge in [0.15, 0.2) is 0 Å². The minimum absolute atomic E-state index is 0.234. The van der Waals surface area contributed by atoms with Crippen LogP contribution in [-0.2, 0) is 13.1 Å². The van der Waals surface area contributed by atoms with Gasteiger partial charge in [-0.25, -0.2) is 4.98 Å². The molecule has 2 N–H and O–H groups in total. The van der Waals surface area contributed by atoms with E-state index in [9.17, 15) is 5.11 Å². The molecule has 25 heavy (non-hydrogen) atoms. The van der Waals surface area contributed by atoms with Crippen LogP contribution in [0.5, 0.6) is 5.88 Å². The van der Waals surface area contributed by atoms with Gasteiger partial charge in [0.1, 0.15) is 0 Å². The summed E-state index contributed by atoms with van der Waals surface area (Å²) < 4.78 is 5.10. The third-order valence-corrected chi connectivity index (χ3v) is 4.90. The number of benzene rings is 1. The van der Waals surface area contributed by atoms with Crippen LogP contribution in [0.15, 0.2) is 48.7 Å². The lowest BCUT2D eigenvalue weighted by Gasteiger charge is -2.38. The smallest absolute Gasteiger partial charge is 0.212 e. The molecule has 0 aliphatic carbocycles. The Labute approximate surface area is 149 Å². The van der Waals surface area contributed by atoms with E-state index in [2.05, 4.69) is 45.5 Å². The number of likely N-dealkylation sites (tertiary alicyclic amines) is 1. The third-order valence-electron chi connectivity index (χ3n) is 4.90. The summed E-state index contributed by atoms with van der Waals surface area (Å²) >= 11 is 0. The topological polar surface area (TPSA) is 57.6 Å². The fourth-order valence-electron chi connectivity index (χ4n) is 3.39. The quantitative estimate of drug-likeness (QED) is 0.807. The Morgan fingerprint density at radius 1 is 1.20 bits per heavy atom. The van der Waals surface area contributed by atoms with Crippen molar-refractivity contribution in [1.29, 1.82) is 0 Å². The number of methoxy groups -OCH3 is 1. The monoisotopic (exact) mass is 341 g/mol. The predicted molar refractivity (Wildman–Crippen MR) is 98.3 cm³/mol. The molecule has 1 fully saturated rings. The largest absolute Gasteiger partial charge is 0.481 e. The average Bonchev–Trinajstić information content (AvgIpc) is 2.68. The molecule has 0 amide bonds. The van der Waals surface area contributed by atoms with Crippen LogP contribution < -0.4 is 10.1 Å². The molecule has 0 saturated carbocycles. The Balaban J connectivity index is 1.56. The predicted octanol–water partition coefficient (Wildman–Crippen LogP) is 2.06. The third kappa shape index (κ3) is 5.01. The maximum atomic E-state index is 9.72. The van der Waals surface area contributed by atoms with Gasteiger partial charge in [0.2, 0.25) is 5.88 Å². The van der Waals surface area contributed by atoms with Gasteiger partial charge in [0, 0.05) is 44.5 Å². The Bertz CT molecular complexity index is 633. The number of aliphatic hydroxyl groups excluding tert-OH is 1. The summed E-state index contributed by atoms with van der Waals surface area (Å²) in [5, 5.41) is 13.3. The van der Waals surface area contributed by atoms with Gasteiger partial charge in [-0.05, 0) is 30.0 Å². The van der Waals surface area contributed by atoms with Crippen LogP contribution in [0.25, 0.3) is 0 Å². The van der Waals surface area contributed by atoms with E-state index in [-0.39, 0.29) is 12.6 Å². The lowest BCUT2D eigenvalue weighted by atomic mass is 9.91. The summed E-state index contributed by atoms with van der Waals surface area (Å²) in [6.07, 6.45) is 2.85. The zero-order chi connectivity index (χ0) is 17.5. The van der Waals surface area contributed by atoms with Crippen molar-refractivity contribution in [1.82, 2.24) is 15.2 Å². The summed E-state index contributed by atoms with van der Waals surface area (Å²) in [6, 6.07) is 14.7. The summed E-state index contributed by atoms with van der Waals surface area (Å²) in [6.45, 7) is 3.92. The van der Waals surface area contributed by atoms with Crippen LogP contribution >= 0.6 is 0 Å². The number of rotatable bonds is 7. The SMILES string of the molecule is COc1ccc(CNC2CN(Cc3ccccc3)CCC2CO)cn1. The molecule has 0 radical (unpaired) electrons. The van der Waals surface area contributed by atoms with Gasteiger partial charge >= 0.3 is 0 Å². The van der Waals surface area contributed by atoms with Crippen LogP contribution in [0.4, 0.5) is 0 Å². The first-order valence-electron chi connectivity index (χ1n) is 8.88. The van der Waals surface area contributed by atoms with E-state index in [0.29, 0.717) is 11.8 Å². The van der Waals surface area contributed by atoms with Crippen LogP contribution in [0.2, 0.25) is 0 Å².